The Balaban J connectivity index is 1.77. The van der Waals surface area contributed by atoms with Gasteiger partial charge >= 0.3 is 0 Å². The number of ketones is 1. The summed E-state index contributed by atoms with van der Waals surface area (Å²) in [4.78, 5) is 17.6. The molecule has 0 saturated heterocycles. The molecular weight excluding hydrogens is 300 g/mol. The van der Waals surface area contributed by atoms with Crippen molar-refractivity contribution in [1.82, 2.24) is 9.88 Å². The Morgan fingerprint density at radius 2 is 1.92 bits per heavy atom. The minimum absolute atomic E-state index is 0.148. The molecular formula is C20H22N2O2. The molecule has 2 aromatic carbocycles. The number of nitrogens with zero attached hydrogens (tertiary/aromatic N) is 1. The van der Waals surface area contributed by atoms with Gasteiger partial charge in [-0.15, -0.1) is 0 Å². The molecule has 0 saturated carbocycles. The Kier molecular flexibility index (Phi) is 4.96. The first kappa shape index (κ1) is 16.3. The molecule has 4 nitrogen and oxygen atoms in total. The van der Waals surface area contributed by atoms with Gasteiger partial charge in [-0.25, -0.2) is 0 Å². The molecule has 0 aliphatic rings. The number of rotatable bonds is 7. The van der Waals surface area contributed by atoms with Gasteiger partial charge in [0.1, 0.15) is 12.4 Å². The zero-order chi connectivity index (χ0) is 16.9. The molecule has 1 aromatic heterocycles. The Labute approximate surface area is 142 Å². The van der Waals surface area contributed by atoms with Gasteiger partial charge in [0, 0.05) is 35.6 Å². The van der Waals surface area contributed by atoms with E-state index in [2.05, 4.69) is 4.98 Å². The minimum Gasteiger partial charge on any atom is -0.489 e. The second kappa shape index (κ2) is 7.32. The Hall–Kier alpha value is -2.59. The van der Waals surface area contributed by atoms with Crippen LogP contribution >= 0.6 is 0 Å². The lowest BCUT2D eigenvalue weighted by Crippen LogP contribution is -2.16. The fourth-order valence-corrected chi connectivity index (χ4v) is 2.62. The largest absolute Gasteiger partial charge is 0.489 e. The number of carbonyl (C=O) groups is 1. The summed E-state index contributed by atoms with van der Waals surface area (Å²) in [6.07, 6.45) is 2.30. The number of hydrogen-bond donors (Lipinski definition) is 1. The van der Waals surface area contributed by atoms with Crippen molar-refractivity contribution in [3.63, 3.8) is 0 Å². The summed E-state index contributed by atoms with van der Waals surface area (Å²) in [6.45, 7) is 1.26. The first-order chi connectivity index (χ1) is 11.6. The van der Waals surface area contributed by atoms with Crippen LogP contribution < -0.4 is 4.74 Å². The molecule has 1 N–H and O–H groups in total. The Morgan fingerprint density at radius 1 is 1.12 bits per heavy atom. The van der Waals surface area contributed by atoms with Crippen molar-refractivity contribution in [2.24, 2.45) is 0 Å². The number of aromatic amines is 1. The topological polar surface area (TPSA) is 45.3 Å². The first-order valence-corrected chi connectivity index (χ1v) is 8.09. The van der Waals surface area contributed by atoms with Crippen LogP contribution in [0.25, 0.3) is 10.9 Å². The quantitative estimate of drug-likeness (QED) is 0.671. The molecule has 4 heteroatoms. The van der Waals surface area contributed by atoms with Gasteiger partial charge < -0.3 is 14.6 Å². The molecule has 3 rings (SSSR count). The molecule has 0 radical (unpaired) electrons. The molecule has 0 aliphatic heterocycles. The smallest absolute Gasteiger partial charge is 0.166 e. The number of H-pyrrole nitrogens is 1. The van der Waals surface area contributed by atoms with Gasteiger partial charge in [-0.1, -0.05) is 30.3 Å². The van der Waals surface area contributed by atoms with Crippen molar-refractivity contribution in [2.45, 2.75) is 13.0 Å². The zero-order valence-corrected chi connectivity index (χ0v) is 14.1. The average Bonchev–Trinajstić information content (AvgIpc) is 3.02. The van der Waals surface area contributed by atoms with Crippen LogP contribution in [0.5, 0.6) is 5.75 Å². The summed E-state index contributed by atoms with van der Waals surface area (Å²) in [5, 5.41) is 0.921. The van der Waals surface area contributed by atoms with Crippen LogP contribution in [-0.2, 0) is 6.61 Å². The van der Waals surface area contributed by atoms with Crippen molar-refractivity contribution in [3.05, 3.63) is 65.9 Å². The van der Waals surface area contributed by atoms with Gasteiger partial charge in [-0.3, -0.25) is 4.79 Å². The Morgan fingerprint density at radius 3 is 2.67 bits per heavy atom. The summed E-state index contributed by atoms with van der Waals surface area (Å²) in [7, 11) is 3.94. The summed E-state index contributed by atoms with van der Waals surface area (Å²) in [6, 6.07) is 15.9. The number of hydrogen-bond acceptors (Lipinski definition) is 3. The van der Waals surface area contributed by atoms with E-state index in [0.717, 1.165) is 34.3 Å². The van der Waals surface area contributed by atoms with E-state index < -0.39 is 0 Å². The summed E-state index contributed by atoms with van der Waals surface area (Å²) in [5.41, 5.74) is 2.81. The van der Waals surface area contributed by atoms with Crippen LogP contribution in [0, 0.1) is 0 Å². The lowest BCUT2D eigenvalue weighted by molar-refractivity contribution is 0.0974. The zero-order valence-electron chi connectivity index (χ0n) is 14.1. The van der Waals surface area contributed by atoms with E-state index in [1.54, 1.807) is 6.20 Å². The number of aromatic nitrogens is 1. The third kappa shape index (κ3) is 3.84. The van der Waals surface area contributed by atoms with E-state index in [1.165, 1.54) is 0 Å². The van der Waals surface area contributed by atoms with Crippen LogP contribution in [0.15, 0.2) is 54.7 Å². The maximum Gasteiger partial charge on any atom is 0.166 e. The number of fused-ring (bicyclic) bond motifs is 1. The second-order valence-corrected chi connectivity index (χ2v) is 6.16. The molecule has 0 aliphatic carbocycles. The van der Waals surface area contributed by atoms with Crippen LogP contribution in [0.4, 0.5) is 0 Å². The molecule has 1 heterocycles. The highest BCUT2D eigenvalue weighted by Crippen LogP contribution is 2.25. The fourth-order valence-electron chi connectivity index (χ4n) is 2.62. The van der Waals surface area contributed by atoms with Crippen molar-refractivity contribution in [1.29, 1.82) is 0 Å². The molecule has 0 amide bonds. The summed E-state index contributed by atoms with van der Waals surface area (Å²) >= 11 is 0. The van der Waals surface area contributed by atoms with E-state index >= 15 is 0 Å². The lowest BCUT2D eigenvalue weighted by atomic mass is 10.1. The van der Waals surface area contributed by atoms with Crippen LogP contribution in [-0.4, -0.2) is 36.3 Å². The predicted octanol–water partition coefficient (Wildman–Crippen LogP) is 3.88. The summed E-state index contributed by atoms with van der Waals surface area (Å²) in [5.74, 6) is 0.919. The highest BCUT2D eigenvalue weighted by Gasteiger charge is 2.13. The Bertz CT molecular complexity index is 822. The van der Waals surface area contributed by atoms with E-state index in [-0.39, 0.29) is 5.78 Å². The predicted molar refractivity (Wildman–Crippen MR) is 96.6 cm³/mol. The van der Waals surface area contributed by atoms with E-state index in [4.69, 9.17) is 4.74 Å². The lowest BCUT2D eigenvalue weighted by Gasteiger charge is -2.08. The van der Waals surface area contributed by atoms with Crippen LogP contribution in [0.2, 0.25) is 0 Å². The number of nitrogens with one attached hydrogen (secondary N) is 1. The second-order valence-electron chi connectivity index (χ2n) is 6.16. The minimum atomic E-state index is 0.148. The van der Waals surface area contributed by atoms with Gasteiger partial charge in [0.2, 0.25) is 0 Å². The van der Waals surface area contributed by atoms with E-state index in [1.807, 2.05) is 67.5 Å². The van der Waals surface area contributed by atoms with Crippen LogP contribution in [0.1, 0.15) is 22.3 Å². The number of benzene rings is 2. The third-order valence-corrected chi connectivity index (χ3v) is 3.99. The SMILES string of the molecule is CN(C)CCC(=O)c1c[nH]c2ccc(OCc3ccccc3)cc12. The van der Waals surface area contributed by atoms with Gasteiger partial charge in [0.25, 0.3) is 0 Å². The van der Waals surface area contributed by atoms with E-state index in [9.17, 15) is 4.79 Å². The first-order valence-electron chi connectivity index (χ1n) is 8.09. The van der Waals surface area contributed by atoms with Gasteiger partial charge in [0.05, 0.1) is 0 Å². The van der Waals surface area contributed by atoms with Gasteiger partial charge in [0.15, 0.2) is 5.78 Å². The van der Waals surface area contributed by atoms with Gasteiger partial charge in [-0.05, 0) is 37.9 Å². The van der Waals surface area contributed by atoms with Crippen molar-refractivity contribution in [2.75, 3.05) is 20.6 Å². The standard InChI is InChI=1S/C20H22N2O2/c1-22(2)11-10-20(23)18-13-21-19-9-8-16(12-17(18)19)24-14-15-6-4-3-5-7-15/h3-9,12-13,21H,10-11,14H2,1-2H3. The number of Topliss-reactive ketones (excluding diaryl/α,β-unsaturated/α-hetero) is 1. The molecule has 0 atom stereocenters. The molecule has 124 valence electrons. The highest BCUT2D eigenvalue weighted by molar-refractivity contribution is 6.08. The van der Waals surface area contributed by atoms with Gasteiger partial charge in [-0.2, -0.15) is 0 Å². The maximum atomic E-state index is 12.4. The number of ether oxygens (including phenoxy) is 1. The average molecular weight is 322 g/mol. The number of carbonyl (C=O) groups excluding carboxylic acids is 1. The van der Waals surface area contributed by atoms with Crippen molar-refractivity contribution >= 4 is 16.7 Å². The molecule has 0 spiro atoms. The molecule has 0 bridgehead atoms. The molecule has 3 aromatic rings. The third-order valence-electron chi connectivity index (χ3n) is 3.99. The van der Waals surface area contributed by atoms with Crippen molar-refractivity contribution < 1.29 is 9.53 Å². The fraction of sp³-hybridized carbons (Fsp3) is 0.250. The summed E-state index contributed by atoms with van der Waals surface area (Å²) < 4.78 is 5.87. The van der Waals surface area contributed by atoms with E-state index in [0.29, 0.717) is 13.0 Å². The molecule has 0 fully saturated rings. The molecule has 0 unspecified atom stereocenters. The molecule has 24 heavy (non-hydrogen) atoms. The van der Waals surface area contributed by atoms with Crippen molar-refractivity contribution in [3.8, 4) is 5.75 Å². The monoisotopic (exact) mass is 322 g/mol. The normalized spacial score (nSPS) is 11.1. The maximum absolute atomic E-state index is 12.4. The highest BCUT2D eigenvalue weighted by atomic mass is 16.5. The van der Waals surface area contributed by atoms with Crippen LogP contribution in [0.3, 0.4) is 0 Å².